The first-order chi connectivity index (χ1) is 17.6. The van der Waals surface area contributed by atoms with Gasteiger partial charge in [0.1, 0.15) is 11.4 Å². The Hall–Kier alpha value is -4.26. The highest BCUT2D eigenvalue weighted by molar-refractivity contribution is 6.00. The molecule has 0 spiro atoms. The number of nitrogens with one attached hydrogen (secondary N) is 1. The van der Waals surface area contributed by atoms with E-state index in [2.05, 4.69) is 10.2 Å². The van der Waals surface area contributed by atoms with Gasteiger partial charge in [0.2, 0.25) is 0 Å². The Morgan fingerprint density at radius 3 is 2.42 bits per heavy atom. The van der Waals surface area contributed by atoms with Gasteiger partial charge in [-0.1, -0.05) is 48.5 Å². The van der Waals surface area contributed by atoms with E-state index in [9.17, 15) is 4.79 Å². The van der Waals surface area contributed by atoms with Gasteiger partial charge < -0.3 is 19.1 Å². The number of carbonyl (C=O) groups is 1. The van der Waals surface area contributed by atoms with E-state index in [-0.39, 0.29) is 11.9 Å². The van der Waals surface area contributed by atoms with Crippen LogP contribution in [0.2, 0.25) is 0 Å². The van der Waals surface area contributed by atoms with E-state index in [0.717, 1.165) is 33.7 Å². The van der Waals surface area contributed by atoms with Gasteiger partial charge in [0.15, 0.2) is 11.5 Å². The molecule has 4 aromatic rings. The van der Waals surface area contributed by atoms with Crippen LogP contribution in [0, 0.1) is 0 Å². The molecule has 0 fully saturated rings. The maximum atomic E-state index is 13.6. The van der Waals surface area contributed by atoms with Crippen molar-refractivity contribution in [3.8, 4) is 28.5 Å². The molecule has 1 N–H and O–H groups in total. The number of amides is 1. The van der Waals surface area contributed by atoms with Gasteiger partial charge >= 0.3 is 0 Å². The Kier molecular flexibility index (Phi) is 6.62. The SMILES string of the molecule is CCOc1ccc(C2c3c(-c4ccccc4)n[nH]c3C(=O)N2CCc2ccc(OC)cc2)cc1OC. The molecule has 0 aliphatic carbocycles. The molecule has 0 bridgehead atoms. The summed E-state index contributed by atoms with van der Waals surface area (Å²) in [6.07, 6.45) is 0.707. The largest absolute Gasteiger partial charge is 0.497 e. The van der Waals surface area contributed by atoms with Gasteiger partial charge in [0.25, 0.3) is 5.91 Å². The summed E-state index contributed by atoms with van der Waals surface area (Å²) in [6, 6.07) is 23.4. The summed E-state index contributed by atoms with van der Waals surface area (Å²) in [5.41, 5.74) is 5.22. The number of nitrogens with zero attached hydrogens (tertiary/aromatic N) is 2. The fourth-order valence-electron chi connectivity index (χ4n) is 4.76. The molecule has 1 aliphatic rings. The second-order valence-corrected chi connectivity index (χ2v) is 8.57. The summed E-state index contributed by atoms with van der Waals surface area (Å²) >= 11 is 0. The van der Waals surface area contributed by atoms with E-state index in [0.29, 0.717) is 36.8 Å². The Labute approximate surface area is 210 Å². The van der Waals surface area contributed by atoms with Gasteiger partial charge in [-0.3, -0.25) is 9.89 Å². The standard InChI is InChI=1S/C29H29N3O4/c1-4-36-23-15-12-21(18-24(23)35-3)28-25-26(20-8-6-5-7-9-20)30-31-27(25)29(33)32(28)17-16-19-10-13-22(34-2)14-11-19/h5-15,18,28H,4,16-17H2,1-3H3,(H,30,31). The highest BCUT2D eigenvalue weighted by Crippen LogP contribution is 2.44. The predicted molar refractivity (Wildman–Crippen MR) is 138 cm³/mol. The molecular formula is C29H29N3O4. The fourth-order valence-corrected chi connectivity index (χ4v) is 4.76. The van der Waals surface area contributed by atoms with Crippen molar-refractivity contribution >= 4 is 5.91 Å². The number of rotatable bonds is 9. The lowest BCUT2D eigenvalue weighted by Gasteiger charge is -2.27. The van der Waals surface area contributed by atoms with Gasteiger partial charge in [0.05, 0.1) is 32.6 Å². The Morgan fingerprint density at radius 2 is 1.72 bits per heavy atom. The smallest absolute Gasteiger partial charge is 0.273 e. The van der Waals surface area contributed by atoms with Crippen molar-refractivity contribution in [2.75, 3.05) is 27.4 Å². The monoisotopic (exact) mass is 483 g/mol. The Bertz CT molecular complexity index is 1350. The molecule has 5 rings (SSSR count). The second kappa shape index (κ2) is 10.2. The van der Waals surface area contributed by atoms with E-state index in [1.165, 1.54) is 0 Å². The molecule has 2 heterocycles. The molecule has 1 aliphatic heterocycles. The van der Waals surface area contributed by atoms with Crippen LogP contribution in [0.1, 0.15) is 40.1 Å². The lowest BCUT2D eigenvalue weighted by atomic mass is 9.95. The molecular weight excluding hydrogens is 454 g/mol. The van der Waals surface area contributed by atoms with Crippen molar-refractivity contribution in [3.05, 3.63) is 95.2 Å². The first kappa shape index (κ1) is 23.5. The molecule has 1 amide bonds. The lowest BCUT2D eigenvalue weighted by Crippen LogP contribution is -2.31. The molecule has 0 radical (unpaired) electrons. The first-order valence-electron chi connectivity index (χ1n) is 12.0. The number of hydrogen-bond acceptors (Lipinski definition) is 5. The summed E-state index contributed by atoms with van der Waals surface area (Å²) in [5, 5.41) is 7.58. The van der Waals surface area contributed by atoms with Crippen molar-refractivity contribution < 1.29 is 19.0 Å². The molecule has 184 valence electrons. The van der Waals surface area contributed by atoms with E-state index in [4.69, 9.17) is 14.2 Å². The van der Waals surface area contributed by atoms with Crippen molar-refractivity contribution in [1.29, 1.82) is 0 Å². The van der Waals surface area contributed by atoms with Gasteiger partial charge in [0, 0.05) is 17.7 Å². The molecule has 0 saturated heterocycles. The lowest BCUT2D eigenvalue weighted by molar-refractivity contribution is 0.0745. The predicted octanol–water partition coefficient (Wildman–Crippen LogP) is 5.28. The molecule has 1 aromatic heterocycles. The molecule has 3 aromatic carbocycles. The van der Waals surface area contributed by atoms with Gasteiger partial charge in [-0.05, 0) is 48.7 Å². The zero-order chi connectivity index (χ0) is 25.1. The number of ether oxygens (including phenoxy) is 3. The zero-order valence-corrected chi connectivity index (χ0v) is 20.7. The summed E-state index contributed by atoms with van der Waals surface area (Å²) < 4.78 is 16.6. The highest BCUT2D eigenvalue weighted by Gasteiger charge is 2.42. The number of methoxy groups -OCH3 is 2. The number of carbonyl (C=O) groups excluding carboxylic acids is 1. The summed E-state index contributed by atoms with van der Waals surface area (Å²) in [5.74, 6) is 2.05. The van der Waals surface area contributed by atoms with Crippen LogP contribution in [0.15, 0.2) is 72.8 Å². The average Bonchev–Trinajstić information content (AvgIpc) is 3.47. The highest BCUT2D eigenvalue weighted by atomic mass is 16.5. The number of hydrogen-bond donors (Lipinski definition) is 1. The quantitative estimate of drug-likeness (QED) is 0.351. The van der Waals surface area contributed by atoms with E-state index < -0.39 is 0 Å². The third-order valence-corrected chi connectivity index (χ3v) is 6.51. The maximum Gasteiger partial charge on any atom is 0.273 e. The number of aromatic amines is 1. The van der Waals surface area contributed by atoms with E-state index in [1.807, 2.05) is 84.6 Å². The molecule has 1 atom stereocenters. The summed E-state index contributed by atoms with van der Waals surface area (Å²) in [7, 11) is 3.28. The zero-order valence-electron chi connectivity index (χ0n) is 20.7. The van der Waals surface area contributed by atoms with Crippen LogP contribution < -0.4 is 14.2 Å². The van der Waals surface area contributed by atoms with Gasteiger partial charge in [-0.2, -0.15) is 5.10 Å². The summed E-state index contributed by atoms with van der Waals surface area (Å²) in [4.78, 5) is 15.6. The molecule has 7 heteroatoms. The number of H-pyrrole nitrogens is 1. The van der Waals surface area contributed by atoms with Crippen molar-refractivity contribution in [1.82, 2.24) is 15.1 Å². The minimum absolute atomic E-state index is 0.0638. The number of aromatic nitrogens is 2. The van der Waals surface area contributed by atoms with Crippen LogP contribution >= 0.6 is 0 Å². The Balaban J connectivity index is 1.55. The van der Waals surface area contributed by atoms with Crippen LogP contribution in [-0.2, 0) is 6.42 Å². The molecule has 7 nitrogen and oxygen atoms in total. The second-order valence-electron chi connectivity index (χ2n) is 8.57. The van der Waals surface area contributed by atoms with Crippen LogP contribution in [0.3, 0.4) is 0 Å². The average molecular weight is 484 g/mol. The topological polar surface area (TPSA) is 76.7 Å². The van der Waals surface area contributed by atoms with Crippen molar-refractivity contribution in [2.24, 2.45) is 0 Å². The minimum atomic E-state index is -0.315. The van der Waals surface area contributed by atoms with E-state index in [1.54, 1.807) is 14.2 Å². The van der Waals surface area contributed by atoms with Crippen LogP contribution in [-0.4, -0.2) is 48.4 Å². The van der Waals surface area contributed by atoms with Crippen LogP contribution in [0.4, 0.5) is 0 Å². The molecule has 1 unspecified atom stereocenters. The first-order valence-corrected chi connectivity index (χ1v) is 12.0. The third kappa shape index (κ3) is 4.28. The molecule has 0 saturated carbocycles. The van der Waals surface area contributed by atoms with Gasteiger partial charge in [-0.25, -0.2) is 0 Å². The van der Waals surface area contributed by atoms with E-state index >= 15 is 0 Å². The van der Waals surface area contributed by atoms with Crippen LogP contribution in [0.25, 0.3) is 11.3 Å². The third-order valence-electron chi connectivity index (χ3n) is 6.51. The van der Waals surface area contributed by atoms with Crippen LogP contribution in [0.5, 0.6) is 17.2 Å². The Morgan fingerprint density at radius 1 is 0.944 bits per heavy atom. The number of fused-ring (bicyclic) bond motifs is 1. The molecule has 36 heavy (non-hydrogen) atoms. The summed E-state index contributed by atoms with van der Waals surface area (Å²) in [6.45, 7) is 3.02. The normalized spacial score (nSPS) is 14.6. The maximum absolute atomic E-state index is 13.6. The fraction of sp³-hybridized carbons (Fsp3) is 0.241. The van der Waals surface area contributed by atoms with Gasteiger partial charge in [-0.15, -0.1) is 0 Å². The minimum Gasteiger partial charge on any atom is -0.497 e. The van der Waals surface area contributed by atoms with Crippen molar-refractivity contribution in [2.45, 2.75) is 19.4 Å². The van der Waals surface area contributed by atoms with Crippen molar-refractivity contribution in [3.63, 3.8) is 0 Å². The number of benzene rings is 3.